The van der Waals surface area contributed by atoms with Crippen LogP contribution in [-0.4, -0.2) is 37.8 Å². The van der Waals surface area contributed by atoms with Crippen molar-refractivity contribution in [3.8, 4) is 5.75 Å². The Morgan fingerprint density at radius 2 is 1.69 bits per heavy atom. The maximum absolute atomic E-state index is 12.8. The van der Waals surface area contributed by atoms with E-state index in [-0.39, 0.29) is 5.92 Å². The SMILES string of the molecule is COc1cc2ccc(Br)cc2cc1[C@@H](c1ccccc1)[C@@](O)(CCN(C)C)c1ccc2ccoc2c1. The molecular weight excluding hydrogens is 514 g/mol. The Labute approximate surface area is 220 Å². The van der Waals surface area contributed by atoms with E-state index in [0.717, 1.165) is 48.7 Å². The van der Waals surface area contributed by atoms with Crippen molar-refractivity contribution in [2.45, 2.75) is 17.9 Å². The summed E-state index contributed by atoms with van der Waals surface area (Å²) in [4.78, 5) is 2.10. The average molecular weight is 544 g/mol. The van der Waals surface area contributed by atoms with Crippen molar-refractivity contribution in [3.05, 3.63) is 112 Å². The summed E-state index contributed by atoms with van der Waals surface area (Å²) >= 11 is 3.61. The van der Waals surface area contributed by atoms with Crippen molar-refractivity contribution in [1.82, 2.24) is 4.90 Å². The molecule has 4 nitrogen and oxygen atoms in total. The zero-order valence-corrected chi connectivity index (χ0v) is 22.3. The van der Waals surface area contributed by atoms with E-state index in [2.05, 4.69) is 57.2 Å². The number of aliphatic hydroxyl groups is 1. The Hall–Kier alpha value is -3.12. The minimum Gasteiger partial charge on any atom is -0.496 e. The number of benzene rings is 4. The van der Waals surface area contributed by atoms with Crippen LogP contribution >= 0.6 is 15.9 Å². The number of hydrogen-bond acceptors (Lipinski definition) is 4. The van der Waals surface area contributed by atoms with Gasteiger partial charge in [-0.05, 0) is 78.8 Å². The van der Waals surface area contributed by atoms with Crippen LogP contribution in [0.4, 0.5) is 0 Å². The van der Waals surface area contributed by atoms with Crippen LogP contribution in [0.3, 0.4) is 0 Å². The molecule has 1 N–H and O–H groups in total. The maximum Gasteiger partial charge on any atom is 0.134 e. The van der Waals surface area contributed by atoms with Gasteiger partial charge in [-0.15, -0.1) is 0 Å². The second kappa shape index (κ2) is 10.1. The summed E-state index contributed by atoms with van der Waals surface area (Å²) in [7, 11) is 5.75. The fourth-order valence-corrected chi connectivity index (χ4v) is 5.48. The Bertz CT molecular complexity index is 1490. The van der Waals surface area contributed by atoms with Gasteiger partial charge in [0.15, 0.2) is 0 Å². The van der Waals surface area contributed by atoms with Crippen molar-refractivity contribution in [2.24, 2.45) is 0 Å². The summed E-state index contributed by atoms with van der Waals surface area (Å²) in [5, 5.41) is 16.0. The molecule has 0 aliphatic heterocycles. The van der Waals surface area contributed by atoms with Gasteiger partial charge in [0.1, 0.15) is 16.9 Å². The van der Waals surface area contributed by atoms with Gasteiger partial charge in [0.25, 0.3) is 0 Å². The van der Waals surface area contributed by atoms with Crippen LogP contribution in [0.25, 0.3) is 21.7 Å². The van der Waals surface area contributed by atoms with E-state index in [1.165, 1.54) is 0 Å². The highest BCUT2D eigenvalue weighted by molar-refractivity contribution is 9.10. The molecule has 4 aromatic carbocycles. The van der Waals surface area contributed by atoms with Gasteiger partial charge in [-0.3, -0.25) is 0 Å². The molecule has 0 aliphatic carbocycles. The molecule has 2 atom stereocenters. The molecule has 0 aliphatic rings. The molecule has 1 aromatic heterocycles. The highest BCUT2D eigenvalue weighted by Gasteiger charge is 2.42. The van der Waals surface area contributed by atoms with E-state index < -0.39 is 5.60 Å². The van der Waals surface area contributed by atoms with Crippen molar-refractivity contribution < 1.29 is 14.3 Å². The van der Waals surface area contributed by atoms with E-state index >= 15 is 0 Å². The molecular formula is C31H30BrNO3. The first kappa shape index (κ1) is 24.6. The summed E-state index contributed by atoms with van der Waals surface area (Å²) < 4.78 is 12.7. The van der Waals surface area contributed by atoms with E-state index in [0.29, 0.717) is 13.0 Å². The average Bonchev–Trinajstić information content (AvgIpc) is 3.36. The molecule has 0 unspecified atom stereocenters. The highest BCUT2D eigenvalue weighted by Crippen LogP contribution is 2.48. The molecule has 0 radical (unpaired) electrons. The summed E-state index contributed by atoms with van der Waals surface area (Å²) in [6, 6.07) is 28.6. The number of methoxy groups -OCH3 is 1. The molecule has 1 heterocycles. The fraction of sp³-hybridized carbons (Fsp3) is 0.226. The van der Waals surface area contributed by atoms with Crippen molar-refractivity contribution in [1.29, 1.82) is 0 Å². The van der Waals surface area contributed by atoms with E-state index in [1.807, 2.05) is 62.6 Å². The number of hydrogen-bond donors (Lipinski definition) is 1. The minimum absolute atomic E-state index is 0.385. The Kier molecular flexibility index (Phi) is 6.89. The summed E-state index contributed by atoms with van der Waals surface area (Å²) in [5.41, 5.74) is 2.30. The van der Waals surface area contributed by atoms with Gasteiger partial charge < -0.3 is 19.2 Å². The largest absolute Gasteiger partial charge is 0.496 e. The van der Waals surface area contributed by atoms with Crippen LogP contribution in [0.1, 0.15) is 29.0 Å². The van der Waals surface area contributed by atoms with Gasteiger partial charge in [0.2, 0.25) is 0 Å². The number of nitrogens with zero attached hydrogens (tertiary/aromatic N) is 1. The lowest BCUT2D eigenvalue weighted by atomic mass is 9.71. The third kappa shape index (κ3) is 4.66. The summed E-state index contributed by atoms with van der Waals surface area (Å²) in [5.74, 6) is 0.366. The molecule has 5 aromatic rings. The number of fused-ring (bicyclic) bond motifs is 2. The van der Waals surface area contributed by atoms with Gasteiger partial charge in [-0.25, -0.2) is 0 Å². The summed E-state index contributed by atoms with van der Waals surface area (Å²) in [6.45, 7) is 0.706. The lowest BCUT2D eigenvalue weighted by molar-refractivity contribution is 0.00400. The maximum atomic E-state index is 12.8. The van der Waals surface area contributed by atoms with Crippen LogP contribution in [-0.2, 0) is 5.60 Å². The molecule has 184 valence electrons. The van der Waals surface area contributed by atoms with E-state index in [1.54, 1.807) is 13.4 Å². The zero-order valence-electron chi connectivity index (χ0n) is 20.7. The number of halogens is 1. The van der Waals surface area contributed by atoms with Crippen LogP contribution in [0.2, 0.25) is 0 Å². The smallest absolute Gasteiger partial charge is 0.134 e. The predicted molar refractivity (Wildman–Crippen MR) is 150 cm³/mol. The van der Waals surface area contributed by atoms with Crippen LogP contribution in [0.5, 0.6) is 5.75 Å². The zero-order chi connectivity index (χ0) is 25.3. The topological polar surface area (TPSA) is 45.8 Å². The minimum atomic E-state index is -1.24. The molecule has 0 spiro atoms. The molecule has 0 saturated carbocycles. The Morgan fingerprint density at radius 1 is 0.917 bits per heavy atom. The van der Waals surface area contributed by atoms with Gasteiger partial charge in [-0.2, -0.15) is 0 Å². The molecule has 36 heavy (non-hydrogen) atoms. The van der Waals surface area contributed by atoms with Crippen molar-refractivity contribution >= 4 is 37.7 Å². The number of ether oxygens (including phenoxy) is 1. The third-order valence-corrected chi connectivity index (χ3v) is 7.46. The molecule has 0 amide bonds. The quantitative estimate of drug-likeness (QED) is 0.222. The van der Waals surface area contributed by atoms with Gasteiger partial charge in [0, 0.05) is 27.9 Å². The molecule has 0 saturated heterocycles. The third-order valence-electron chi connectivity index (χ3n) is 6.97. The standard InChI is InChI=1S/C31H30BrNO3/c1-33(2)15-14-31(34,25-11-9-21-13-16-36-28(21)20-25)30(22-7-5-4-6-8-22)27-18-24-17-26(32)12-10-23(24)19-29(27)35-3/h4-13,16-20,30,34H,14-15H2,1-3H3/t30-,31-/m1/s1. The number of furan rings is 1. The van der Waals surface area contributed by atoms with Crippen LogP contribution < -0.4 is 4.74 Å². The monoisotopic (exact) mass is 543 g/mol. The lowest BCUT2D eigenvalue weighted by Crippen LogP contribution is -2.37. The molecule has 5 rings (SSSR count). The highest BCUT2D eigenvalue weighted by atomic mass is 79.9. The van der Waals surface area contributed by atoms with E-state index in [4.69, 9.17) is 9.15 Å². The van der Waals surface area contributed by atoms with Gasteiger partial charge >= 0.3 is 0 Å². The van der Waals surface area contributed by atoms with E-state index in [9.17, 15) is 5.11 Å². The first-order valence-corrected chi connectivity index (χ1v) is 12.9. The second-order valence-corrected chi connectivity index (χ2v) is 10.5. The van der Waals surface area contributed by atoms with Crippen molar-refractivity contribution in [3.63, 3.8) is 0 Å². The molecule has 0 fully saturated rings. The Balaban J connectivity index is 1.79. The fourth-order valence-electron chi connectivity index (χ4n) is 5.10. The van der Waals surface area contributed by atoms with Gasteiger partial charge in [-0.1, -0.05) is 64.5 Å². The second-order valence-electron chi connectivity index (χ2n) is 9.58. The first-order valence-electron chi connectivity index (χ1n) is 12.1. The van der Waals surface area contributed by atoms with Crippen LogP contribution in [0.15, 0.2) is 100 Å². The normalized spacial score (nSPS) is 14.3. The molecule has 5 heteroatoms. The first-order chi connectivity index (χ1) is 17.4. The molecule has 0 bridgehead atoms. The lowest BCUT2D eigenvalue weighted by Gasteiger charge is -2.39. The predicted octanol–water partition coefficient (Wildman–Crippen LogP) is 7.33. The van der Waals surface area contributed by atoms with Crippen LogP contribution in [0, 0.1) is 0 Å². The Morgan fingerprint density at radius 3 is 2.44 bits per heavy atom. The van der Waals surface area contributed by atoms with Gasteiger partial charge in [0.05, 0.1) is 13.4 Å². The van der Waals surface area contributed by atoms with Crippen molar-refractivity contribution in [2.75, 3.05) is 27.7 Å². The summed E-state index contributed by atoms with van der Waals surface area (Å²) in [6.07, 6.45) is 2.21. The number of rotatable bonds is 8.